The van der Waals surface area contributed by atoms with Crippen molar-refractivity contribution >= 4 is 15.8 Å². The summed E-state index contributed by atoms with van der Waals surface area (Å²) in [4.78, 5) is 0. The second kappa shape index (κ2) is 9.08. The molecular formula is C15H24O2Si. The van der Waals surface area contributed by atoms with E-state index in [9.17, 15) is 0 Å². The number of benzene rings is 1. The minimum absolute atomic E-state index is 0.455. The zero-order valence-corrected chi connectivity index (χ0v) is 12.9. The lowest BCUT2D eigenvalue weighted by Crippen LogP contribution is -2.14. The van der Waals surface area contributed by atoms with Crippen molar-refractivity contribution in [2.45, 2.75) is 25.3 Å². The molecule has 3 heteroatoms. The highest BCUT2D eigenvalue weighted by molar-refractivity contribution is 6.29. The summed E-state index contributed by atoms with van der Waals surface area (Å²) in [5.74, 6) is 0. The molecule has 0 aromatic heterocycles. The van der Waals surface area contributed by atoms with E-state index in [0.29, 0.717) is 5.54 Å². The fourth-order valence-electron chi connectivity index (χ4n) is 1.78. The fraction of sp³-hybridized carbons (Fsp3) is 0.467. The molecule has 18 heavy (non-hydrogen) atoms. The molecule has 0 radical (unpaired) electrons. The summed E-state index contributed by atoms with van der Waals surface area (Å²) in [6, 6.07) is 8.49. The van der Waals surface area contributed by atoms with Crippen LogP contribution in [-0.2, 0) is 15.6 Å². The van der Waals surface area contributed by atoms with E-state index in [4.69, 9.17) is 9.16 Å². The Bertz CT molecular complexity index is 335. The molecule has 0 bridgehead atoms. The summed E-state index contributed by atoms with van der Waals surface area (Å²) < 4.78 is 11.0. The average molecular weight is 264 g/mol. The van der Waals surface area contributed by atoms with Gasteiger partial charge in [0.2, 0.25) is 0 Å². The van der Waals surface area contributed by atoms with Crippen molar-refractivity contribution in [2.24, 2.45) is 0 Å². The Kier molecular flexibility index (Phi) is 7.65. The van der Waals surface area contributed by atoms with Gasteiger partial charge >= 0.3 is 0 Å². The maximum atomic E-state index is 5.84. The van der Waals surface area contributed by atoms with Gasteiger partial charge < -0.3 is 9.16 Å². The summed E-state index contributed by atoms with van der Waals surface area (Å²) in [6.45, 7) is 7.63. The summed E-state index contributed by atoms with van der Waals surface area (Å²) in [6.07, 6.45) is 4.02. The molecule has 1 aromatic rings. The monoisotopic (exact) mass is 264 g/mol. The van der Waals surface area contributed by atoms with Crippen molar-refractivity contribution in [1.82, 2.24) is 0 Å². The third-order valence-corrected chi connectivity index (χ3v) is 4.89. The van der Waals surface area contributed by atoms with Gasteiger partial charge in [-0.3, -0.25) is 0 Å². The van der Waals surface area contributed by atoms with Crippen molar-refractivity contribution in [1.29, 1.82) is 0 Å². The molecular weight excluding hydrogens is 240 g/mol. The molecule has 1 unspecified atom stereocenters. The van der Waals surface area contributed by atoms with Gasteiger partial charge in [0.1, 0.15) is 0 Å². The molecule has 1 atom stereocenters. The Hall–Kier alpha value is -0.903. The van der Waals surface area contributed by atoms with E-state index in [-0.39, 0.29) is 0 Å². The van der Waals surface area contributed by atoms with E-state index in [2.05, 4.69) is 37.8 Å². The van der Waals surface area contributed by atoms with Gasteiger partial charge in [0, 0.05) is 20.3 Å². The smallest absolute Gasteiger partial charge is 0.166 e. The predicted molar refractivity (Wildman–Crippen MR) is 80.7 cm³/mol. The van der Waals surface area contributed by atoms with Gasteiger partial charge in [0.15, 0.2) is 9.76 Å². The first-order valence-corrected chi connectivity index (χ1v) is 7.97. The van der Waals surface area contributed by atoms with Crippen molar-refractivity contribution in [2.75, 3.05) is 20.3 Å². The molecule has 0 aliphatic rings. The highest BCUT2D eigenvalue weighted by Gasteiger charge is 2.06. The number of rotatable bonds is 9. The first kappa shape index (κ1) is 15.2. The Balaban J connectivity index is 2.22. The predicted octanol–water partition coefficient (Wildman–Crippen LogP) is 2.82. The highest BCUT2D eigenvalue weighted by Crippen LogP contribution is 2.10. The molecule has 0 N–H and O–H groups in total. The SMILES string of the molecule is C=Cc1ccc(CCO[SiH2]C(CC)COC)cc1. The minimum atomic E-state index is -0.455. The van der Waals surface area contributed by atoms with Gasteiger partial charge in [-0.2, -0.15) is 0 Å². The van der Waals surface area contributed by atoms with Gasteiger partial charge in [0.25, 0.3) is 0 Å². The van der Waals surface area contributed by atoms with Gasteiger partial charge in [-0.15, -0.1) is 0 Å². The molecule has 0 amide bonds. The summed E-state index contributed by atoms with van der Waals surface area (Å²) >= 11 is 0. The first-order valence-electron chi connectivity index (χ1n) is 6.58. The molecule has 2 nitrogen and oxygen atoms in total. The average Bonchev–Trinajstić information content (AvgIpc) is 2.43. The first-order chi connectivity index (χ1) is 8.80. The summed E-state index contributed by atoms with van der Waals surface area (Å²) in [5.41, 5.74) is 3.15. The number of ether oxygens (including phenoxy) is 1. The lowest BCUT2D eigenvalue weighted by Gasteiger charge is -2.13. The Morgan fingerprint density at radius 3 is 2.61 bits per heavy atom. The Morgan fingerprint density at radius 1 is 1.33 bits per heavy atom. The maximum Gasteiger partial charge on any atom is 0.166 e. The highest BCUT2D eigenvalue weighted by atomic mass is 28.2. The van der Waals surface area contributed by atoms with Gasteiger partial charge in [-0.1, -0.05) is 50.3 Å². The van der Waals surface area contributed by atoms with Crippen LogP contribution in [0.25, 0.3) is 6.08 Å². The normalized spacial score (nSPS) is 13.0. The van der Waals surface area contributed by atoms with E-state index in [1.807, 2.05) is 6.08 Å². The van der Waals surface area contributed by atoms with Crippen LogP contribution in [0.3, 0.4) is 0 Å². The van der Waals surface area contributed by atoms with E-state index in [1.54, 1.807) is 7.11 Å². The third kappa shape index (κ3) is 5.62. The number of hydrogen-bond donors (Lipinski definition) is 0. The van der Waals surface area contributed by atoms with Crippen LogP contribution >= 0.6 is 0 Å². The molecule has 0 saturated heterocycles. The van der Waals surface area contributed by atoms with E-state index < -0.39 is 9.76 Å². The Labute approximate surface area is 113 Å². The number of hydrogen-bond acceptors (Lipinski definition) is 2. The third-order valence-electron chi connectivity index (χ3n) is 3.08. The molecule has 0 heterocycles. The molecule has 1 aromatic carbocycles. The topological polar surface area (TPSA) is 18.5 Å². The molecule has 0 aliphatic carbocycles. The molecule has 1 rings (SSSR count). The van der Waals surface area contributed by atoms with Crippen LogP contribution in [0.1, 0.15) is 24.5 Å². The zero-order valence-electron chi connectivity index (χ0n) is 11.5. The second-order valence-electron chi connectivity index (χ2n) is 4.50. The second-order valence-corrected chi connectivity index (χ2v) is 6.40. The van der Waals surface area contributed by atoms with Crippen LogP contribution in [0.15, 0.2) is 30.8 Å². The van der Waals surface area contributed by atoms with E-state index >= 15 is 0 Å². The van der Waals surface area contributed by atoms with Gasteiger partial charge in [0.05, 0.1) is 0 Å². The van der Waals surface area contributed by atoms with Crippen LogP contribution in [0, 0.1) is 0 Å². The zero-order chi connectivity index (χ0) is 13.2. The van der Waals surface area contributed by atoms with Gasteiger partial charge in [-0.05, 0) is 23.1 Å². The van der Waals surface area contributed by atoms with Crippen molar-refractivity contribution < 1.29 is 9.16 Å². The standard InChI is InChI=1S/C15H24O2Si/c1-4-13-6-8-14(9-7-13)10-11-17-18-15(5-2)12-16-3/h4,6-9,15H,1,5,10-12,18H2,2-3H3. The maximum absolute atomic E-state index is 5.84. The molecule has 100 valence electrons. The van der Waals surface area contributed by atoms with E-state index in [1.165, 1.54) is 11.1 Å². The lowest BCUT2D eigenvalue weighted by molar-refractivity contribution is 0.187. The van der Waals surface area contributed by atoms with Crippen molar-refractivity contribution in [3.05, 3.63) is 42.0 Å². The summed E-state index contributed by atoms with van der Waals surface area (Å²) in [5, 5.41) is 0. The van der Waals surface area contributed by atoms with Crippen LogP contribution in [0.4, 0.5) is 0 Å². The van der Waals surface area contributed by atoms with Crippen LogP contribution in [0.5, 0.6) is 0 Å². The summed E-state index contributed by atoms with van der Waals surface area (Å²) in [7, 11) is 1.31. The molecule has 0 saturated carbocycles. The van der Waals surface area contributed by atoms with E-state index in [0.717, 1.165) is 26.1 Å². The van der Waals surface area contributed by atoms with Crippen LogP contribution < -0.4 is 0 Å². The molecule has 0 fully saturated rings. The molecule has 0 spiro atoms. The van der Waals surface area contributed by atoms with Crippen LogP contribution in [0.2, 0.25) is 5.54 Å². The van der Waals surface area contributed by atoms with Crippen molar-refractivity contribution in [3.8, 4) is 0 Å². The largest absolute Gasteiger partial charge is 0.423 e. The Morgan fingerprint density at radius 2 is 2.06 bits per heavy atom. The minimum Gasteiger partial charge on any atom is -0.423 e. The lowest BCUT2D eigenvalue weighted by atomic mass is 10.1. The van der Waals surface area contributed by atoms with Crippen LogP contribution in [-0.4, -0.2) is 30.1 Å². The molecule has 0 aliphatic heterocycles. The quantitative estimate of drug-likeness (QED) is 0.504. The fourth-order valence-corrected chi connectivity index (χ4v) is 2.99. The van der Waals surface area contributed by atoms with Gasteiger partial charge in [-0.25, -0.2) is 0 Å². The number of methoxy groups -OCH3 is 1. The van der Waals surface area contributed by atoms with Crippen molar-refractivity contribution in [3.63, 3.8) is 0 Å².